The predicted molar refractivity (Wildman–Crippen MR) is 73.2 cm³/mol. The molecule has 3 rings (SSSR count). The van der Waals surface area contributed by atoms with E-state index in [4.69, 9.17) is 5.73 Å². The van der Waals surface area contributed by atoms with Crippen LogP contribution in [-0.4, -0.2) is 29.1 Å². The number of hydrogen-bond donors (Lipinski definition) is 2. The van der Waals surface area contributed by atoms with Gasteiger partial charge in [0.05, 0.1) is 11.0 Å². The van der Waals surface area contributed by atoms with Crippen LogP contribution < -0.4 is 10.6 Å². The zero-order chi connectivity index (χ0) is 11.8. The molecule has 5 heteroatoms. The summed E-state index contributed by atoms with van der Waals surface area (Å²) in [5, 5.41) is 0. The van der Waals surface area contributed by atoms with E-state index in [-0.39, 0.29) is 0 Å². The van der Waals surface area contributed by atoms with Crippen LogP contribution in [0, 0.1) is 0 Å². The number of nitrogens with two attached hydrogens (primary N) is 1. The Labute approximate surface area is 108 Å². The average molecular weight is 295 g/mol. The van der Waals surface area contributed by atoms with Gasteiger partial charge < -0.3 is 15.6 Å². The molecule has 0 amide bonds. The third-order valence-corrected chi connectivity index (χ3v) is 3.76. The van der Waals surface area contributed by atoms with Crippen LogP contribution >= 0.6 is 15.9 Å². The van der Waals surface area contributed by atoms with Crippen LogP contribution in [0.15, 0.2) is 22.7 Å². The molecule has 0 saturated carbocycles. The number of rotatable bonds is 1. The number of aromatic nitrogens is 2. The van der Waals surface area contributed by atoms with Crippen molar-refractivity contribution in [2.45, 2.75) is 18.9 Å². The van der Waals surface area contributed by atoms with E-state index in [9.17, 15) is 0 Å². The molecule has 0 atom stereocenters. The second kappa shape index (κ2) is 4.31. The van der Waals surface area contributed by atoms with E-state index >= 15 is 0 Å². The Morgan fingerprint density at radius 2 is 2.12 bits per heavy atom. The number of benzene rings is 1. The van der Waals surface area contributed by atoms with Crippen LogP contribution in [0.1, 0.15) is 12.8 Å². The summed E-state index contributed by atoms with van der Waals surface area (Å²) in [6.07, 6.45) is 2.08. The lowest BCUT2D eigenvalue weighted by atomic mass is 10.1. The van der Waals surface area contributed by atoms with E-state index in [1.54, 1.807) is 0 Å². The Bertz CT molecular complexity index is 528. The molecule has 0 bridgehead atoms. The molecule has 0 unspecified atom stereocenters. The summed E-state index contributed by atoms with van der Waals surface area (Å²) in [5.74, 6) is 0.963. The number of hydrogen-bond acceptors (Lipinski definition) is 3. The Hall–Kier alpha value is -1.07. The van der Waals surface area contributed by atoms with Crippen molar-refractivity contribution in [2.75, 3.05) is 18.0 Å². The van der Waals surface area contributed by atoms with Gasteiger partial charge in [-0.25, -0.2) is 4.98 Å². The first-order chi connectivity index (χ1) is 8.22. The number of nitrogens with zero attached hydrogens (tertiary/aromatic N) is 2. The van der Waals surface area contributed by atoms with Crippen molar-refractivity contribution in [1.29, 1.82) is 0 Å². The fourth-order valence-corrected chi connectivity index (χ4v) is 2.59. The van der Waals surface area contributed by atoms with Gasteiger partial charge in [0.1, 0.15) is 0 Å². The Morgan fingerprint density at radius 3 is 2.88 bits per heavy atom. The molecule has 1 fully saturated rings. The monoisotopic (exact) mass is 294 g/mol. The molecule has 0 radical (unpaired) electrons. The maximum atomic E-state index is 5.91. The van der Waals surface area contributed by atoms with E-state index in [1.165, 1.54) is 0 Å². The van der Waals surface area contributed by atoms with Gasteiger partial charge in [-0.05, 0) is 31.0 Å². The molecule has 1 saturated heterocycles. The number of piperidine rings is 1. The highest BCUT2D eigenvalue weighted by atomic mass is 79.9. The molecule has 0 spiro atoms. The lowest BCUT2D eigenvalue weighted by Crippen LogP contribution is -2.40. The van der Waals surface area contributed by atoms with E-state index in [1.807, 2.05) is 12.1 Å². The molecule has 1 aliphatic rings. The van der Waals surface area contributed by atoms with E-state index in [0.717, 1.165) is 47.4 Å². The van der Waals surface area contributed by atoms with Crippen molar-refractivity contribution < 1.29 is 0 Å². The molecule has 3 N–H and O–H groups in total. The first-order valence-electron chi connectivity index (χ1n) is 5.88. The first-order valence-corrected chi connectivity index (χ1v) is 6.67. The number of nitrogens with one attached hydrogen (secondary N) is 1. The van der Waals surface area contributed by atoms with E-state index < -0.39 is 0 Å². The predicted octanol–water partition coefficient (Wildman–Crippen LogP) is 2.25. The van der Waals surface area contributed by atoms with E-state index in [2.05, 4.69) is 36.9 Å². The zero-order valence-corrected chi connectivity index (χ0v) is 11.1. The van der Waals surface area contributed by atoms with Gasteiger partial charge in [-0.15, -0.1) is 0 Å². The summed E-state index contributed by atoms with van der Waals surface area (Å²) < 4.78 is 1.07. The number of anilines is 1. The molecule has 0 aliphatic carbocycles. The van der Waals surface area contributed by atoms with Gasteiger partial charge in [-0.1, -0.05) is 15.9 Å². The number of fused-ring (bicyclic) bond motifs is 1. The molecule has 2 heterocycles. The largest absolute Gasteiger partial charge is 0.342 e. The van der Waals surface area contributed by atoms with Crippen LogP contribution in [0.2, 0.25) is 0 Å². The fourth-order valence-electron chi connectivity index (χ4n) is 2.23. The summed E-state index contributed by atoms with van der Waals surface area (Å²) in [5.41, 5.74) is 7.99. The third-order valence-electron chi connectivity index (χ3n) is 3.27. The highest BCUT2D eigenvalue weighted by Crippen LogP contribution is 2.23. The van der Waals surface area contributed by atoms with Gasteiger partial charge in [0.25, 0.3) is 0 Å². The number of H-pyrrole nitrogens is 1. The summed E-state index contributed by atoms with van der Waals surface area (Å²) in [4.78, 5) is 10.3. The van der Waals surface area contributed by atoms with Gasteiger partial charge in [-0.3, -0.25) is 0 Å². The number of aromatic amines is 1. The molecule has 1 aliphatic heterocycles. The van der Waals surface area contributed by atoms with Crippen LogP contribution in [0.5, 0.6) is 0 Å². The first kappa shape index (κ1) is 11.0. The highest BCUT2D eigenvalue weighted by molar-refractivity contribution is 9.10. The molecule has 90 valence electrons. The highest BCUT2D eigenvalue weighted by Gasteiger charge is 2.18. The van der Waals surface area contributed by atoms with Crippen LogP contribution in [0.25, 0.3) is 11.0 Å². The zero-order valence-electron chi connectivity index (χ0n) is 9.49. The molecule has 17 heavy (non-hydrogen) atoms. The minimum Gasteiger partial charge on any atom is -0.342 e. The molecule has 1 aromatic heterocycles. The van der Waals surface area contributed by atoms with Gasteiger partial charge in [0, 0.05) is 23.6 Å². The van der Waals surface area contributed by atoms with Crippen molar-refractivity contribution in [2.24, 2.45) is 5.73 Å². The molecule has 4 nitrogen and oxygen atoms in total. The standard InChI is InChI=1S/C12H15BrN4/c13-8-1-2-10-11(7-8)16-12(15-10)17-5-3-9(14)4-6-17/h1-2,7,9H,3-6,14H2,(H,15,16). The van der Waals surface area contributed by atoms with Crippen LogP contribution in [0.4, 0.5) is 5.95 Å². The lowest BCUT2D eigenvalue weighted by molar-refractivity contribution is 0.497. The minimum absolute atomic E-state index is 0.352. The smallest absolute Gasteiger partial charge is 0.203 e. The van der Waals surface area contributed by atoms with Crippen molar-refractivity contribution in [3.05, 3.63) is 22.7 Å². The number of halogens is 1. The van der Waals surface area contributed by atoms with Gasteiger partial charge in [0.15, 0.2) is 0 Å². The van der Waals surface area contributed by atoms with E-state index in [0.29, 0.717) is 6.04 Å². The summed E-state index contributed by atoms with van der Waals surface area (Å²) in [6, 6.07) is 6.44. The Balaban J connectivity index is 1.90. The van der Waals surface area contributed by atoms with Gasteiger partial charge in [0.2, 0.25) is 5.95 Å². The van der Waals surface area contributed by atoms with Gasteiger partial charge >= 0.3 is 0 Å². The quantitative estimate of drug-likeness (QED) is 0.848. The second-order valence-electron chi connectivity index (χ2n) is 4.55. The summed E-state index contributed by atoms with van der Waals surface area (Å²) in [6.45, 7) is 1.98. The third kappa shape index (κ3) is 2.17. The Morgan fingerprint density at radius 1 is 1.35 bits per heavy atom. The van der Waals surface area contributed by atoms with Crippen molar-refractivity contribution in [1.82, 2.24) is 9.97 Å². The summed E-state index contributed by atoms with van der Waals surface area (Å²) in [7, 11) is 0. The van der Waals surface area contributed by atoms with Gasteiger partial charge in [-0.2, -0.15) is 0 Å². The maximum Gasteiger partial charge on any atom is 0.203 e. The van der Waals surface area contributed by atoms with Crippen molar-refractivity contribution >= 4 is 32.9 Å². The van der Waals surface area contributed by atoms with Crippen LogP contribution in [0.3, 0.4) is 0 Å². The lowest BCUT2D eigenvalue weighted by Gasteiger charge is -2.29. The molecule has 2 aromatic rings. The minimum atomic E-state index is 0.352. The average Bonchev–Trinajstić information content (AvgIpc) is 2.72. The van der Waals surface area contributed by atoms with Crippen LogP contribution in [-0.2, 0) is 0 Å². The molecule has 1 aromatic carbocycles. The normalized spacial score (nSPS) is 17.9. The molecular formula is C12H15BrN4. The molecular weight excluding hydrogens is 280 g/mol. The maximum absolute atomic E-state index is 5.91. The topological polar surface area (TPSA) is 57.9 Å². The number of imidazole rings is 1. The summed E-state index contributed by atoms with van der Waals surface area (Å²) >= 11 is 3.47. The fraction of sp³-hybridized carbons (Fsp3) is 0.417. The van der Waals surface area contributed by atoms with Crippen molar-refractivity contribution in [3.8, 4) is 0 Å². The SMILES string of the molecule is NC1CCN(c2nc3ccc(Br)cc3[nH]2)CC1. The second-order valence-corrected chi connectivity index (χ2v) is 5.46. The Kier molecular flexibility index (Phi) is 2.80. The van der Waals surface area contributed by atoms with Crippen molar-refractivity contribution in [3.63, 3.8) is 0 Å².